The molecule has 0 amide bonds. The zero-order chi connectivity index (χ0) is 14.0. The average Bonchev–Trinajstić information content (AvgIpc) is 2.66. The van der Waals surface area contributed by atoms with Crippen LogP contribution in [0.3, 0.4) is 0 Å². The molecule has 4 heteroatoms. The van der Waals surface area contributed by atoms with Crippen molar-refractivity contribution in [2.75, 3.05) is 0 Å². The summed E-state index contributed by atoms with van der Waals surface area (Å²) in [5.74, 6) is 0.425. The van der Waals surface area contributed by atoms with Crippen LogP contribution >= 0.6 is 15.9 Å². The summed E-state index contributed by atoms with van der Waals surface area (Å²) in [6, 6.07) is 0. The first-order valence-corrected chi connectivity index (χ1v) is 8.25. The Morgan fingerprint density at radius 2 is 2.16 bits per heavy atom. The molecule has 2 atom stereocenters. The molecular formula is C15H25BrN2O. The van der Waals surface area contributed by atoms with Crippen molar-refractivity contribution in [3.8, 4) is 0 Å². The van der Waals surface area contributed by atoms with Gasteiger partial charge in [0.25, 0.3) is 0 Å². The highest BCUT2D eigenvalue weighted by molar-refractivity contribution is 9.10. The second-order valence-electron chi connectivity index (χ2n) is 5.79. The number of hydrogen-bond acceptors (Lipinski definition) is 2. The van der Waals surface area contributed by atoms with Crippen LogP contribution in [0.1, 0.15) is 57.3 Å². The van der Waals surface area contributed by atoms with Crippen molar-refractivity contribution in [3.63, 3.8) is 0 Å². The normalized spacial score (nSPS) is 27.7. The van der Waals surface area contributed by atoms with E-state index >= 15 is 0 Å². The van der Waals surface area contributed by atoms with Gasteiger partial charge in [-0.3, -0.25) is 4.68 Å². The number of aromatic nitrogens is 2. The van der Waals surface area contributed by atoms with E-state index in [0.29, 0.717) is 5.92 Å². The molecule has 1 fully saturated rings. The Labute approximate surface area is 124 Å². The van der Waals surface area contributed by atoms with E-state index in [9.17, 15) is 5.11 Å². The lowest BCUT2D eigenvalue weighted by Crippen LogP contribution is -2.43. The molecule has 0 aliphatic heterocycles. The Kier molecular flexibility index (Phi) is 4.72. The van der Waals surface area contributed by atoms with E-state index in [2.05, 4.69) is 34.9 Å². The molecule has 1 aliphatic carbocycles. The van der Waals surface area contributed by atoms with Crippen molar-refractivity contribution in [2.24, 2.45) is 5.92 Å². The molecule has 0 spiro atoms. The zero-order valence-corrected chi connectivity index (χ0v) is 13.8. The van der Waals surface area contributed by atoms with Crippen molar-refractivity contribution in [1.29, 1.82) is 0 Å². The highest BCUT2D eigenvalue weighted by Crippen LogP contribution is 2.39. The summed E-state index contributed by atoms with van der Waals surface area (Å²) in [5.41, 5.74) is 1.63. The second-order valence-corrected chi connectivity index (χ2v) is 6.59. The van der Waals surface area contributed by atoms with Gasteiger partial charge in [-0.15, -0.1) is 0 Å². The lowest BCUT2D eigenvalue weighted by Gasteiger charge is -2.40. The topological polar surface area (TPSA) is 38.1 Å². The van der Waals surface area contributed by atoms with Gasteiger partial charge in [0.15, 0.2) is 0 Å². The van der Waals surface area contributed by atoms with Gasteiger partial charge in [-0.05, 0) is 48.5 Å². The minimum Gasteiger partial charge on any atom is -0.389 e. The Balaban J connectivity index is 2.28. The molecule has 1 saturated carbocycles. The molecule has 108 valence electrons. The van der Waals surface area contributed by atoms with Crippen LogP contribution < -0.4 is 0 Å². The van der Waals surface area contributed by atoms with E-state index < -0.39 is 5.60 Å². The molecule has 0 saturated heterocycles. The first-order chi connectivity index (χ1) is 9.01. The number of rotatable bonds is 4. The van der Waals surface area contributed by atoms with Crippen molar-refractivity contribution in [2.45, 2.75) is 71.4 Å². The van der Waals surface area contributed by atoms with Gasteiger partial charge < -0.3 is 5.11 Å². The standard InChI is InChI=1S/C15H25BrN2O/c1-4-12-8-6-7-9-15(12,19)10-13-14(16)11(3)17-18(13)5-2/h12,19H,4-10H2,1-3H3. The Morgan fingerprint density at radius 3 is 2.79 bits per heavy atom. The predicted molar refractivity (Wildman–Crippen MR) is 81.2 cm³/mol. The minimum atomic E-state index is -0.547. The van der Waals surface area contributed by atoms with Gasteiger partial charge in [-0.25, -0.2) is 0 Å². The summed E-state index contributed by atoms with van der Waals surface area (Å²) >= 11 is 3.64. The maximum Gasteiger partial charge on any atom is 0.0738 e. The molecule has 0 bridgehead atoms. The van der Waals surface area contributed by atoms with Gasteiger partial charge in [0.1, 0.15) is 0 Å². The van der Waals surface area contributed by atoms with Crippen molar-refractivity contribution < 1.29 is 5.11 Å². The predicted octanol–water partition coefficient (Wildman–Crippen LogP) is 3.85. The number of halogens is 1. The summed E-state index contributed by atoms with van der Waals surface area (Å²) in [7, 11) is 0. The monoisotopic (exact) mass is 328 g/mol. The summed E-state index contributed by atoms with van der Waals surface area (Å²) in [4.78, 5) is 0. The van der Waals surface area contributed by atoms with Gasteiger partial charge in [0.05, 0.1) is 21.5 Å². The number of aliphatic hydroxyl groups is 1. The van der Waals surface area contributed by atoms with Crippen LogP contribution in [0.5, 0.6) is 0 Å². The fourth-order valence-electron chi connectivity index (χ4n) is 3.44. The number of nitrogens with zero attached hydrogens (tertiary/aromatic N) is 2. The summed E-state index contributed by atoms with van der Waals surface area (Å²) < 4.78 is 3.10. The van der Waals surface area contributed by atoms with Crippen molar-refractivity contribution in [3.05, 3.63) is 15.9 Å². The molecule has 1 aliphatic rings. The number of aryl methyl sites for hydroxylation is 2. The lowest BCUT2D eigenvalue weighted by atomic mass is 9.72. The maximum absolute atomic E-state index is 11.1. The average molecular weight is 329 g/mol. The third-order valence-electron chi connectivity index (χ3n) is 4.59. The molecule has 2 unspecified atom stereocenters. The van der Waals surface area contributed by atoms with Crippen LogP contribution in [0, 0.1) is 12.8 Å². The van der Waals surface area contributed by atoms with Gasteiger partial charge >= 0.3 is 0 Å². The van der Waals surface area contributed by atoms with Crippen LogP contribution in [0.25, 0.3) is 0 Å². The van der Waals surface area contributed by atoms with Crippen LogP contribution in [-0.4, -0.2) is 20.5 Å². The molecule has 0 radical (unpaired) electrons. The summed E-state index contributed by atoms with van der Waals surface area (Å²) in [6.45, 7) is 7.17. The first-order valence-electron chi connectivity index (χ1n) is 7.46. The molecule has 0 aromatic carbocycles. The highest BCUT2D eigenvalue weighted by Gasteiger charge is 2.39. The van der Waals surface area contributed by atoms with E-state index in [4.69, 9.17) is 0 Å². The molecule has 1 N–H and O–H groups in total. The smallest absolute Gasteiger partial charge is 0.0738 e. The highest BCUT2D eigenvalue weighted by atomic mass is 79.9. The van der Waals surface area contributed by atoms with E-state index in [-0.39, 0.29) is 0 Å². The second kappa shape index (κ2) is 5.96. The van der Waals surface area contributed by atoms with Crippen LogP contribution in [0.15, 0.2) is 4.47 Å². The Morgan fingerprint density at radius 1 is 1.42 bits per heavy atom. The molecular weight excluding hydrogens is 304 g/mol. The molecule has 1 aromatic heterocycles. The van der Waals surface area contributed by atoms with E-state index in [1.165, 1.54) is 6.42 Å². The van der Waals surface area contributed by atoms with E-state index in [1.54, 1.807) is 0 Å². The van der Waals surface area contributed by atoms with Crippen LogP contribution in [-0.2, 0) is 13.0 Å². The summed E-state index contributed by atoms with van der Waals surface area (Å²) in [6.07, 6.45) is 6.27. The fraction of sp³-hybridized carbons (Fsp3) is 0.800. The van der Waals surface area contributed by atoms with Gasteiger partial charge in [-0.2, -0.15) is 5.10 Å². The Bertz CT molecular complexity index is 444. The summed E-state index contributed by atoms with van der Waals surface area (Å²) in [5, 5.41) is 15.6. The largest absolute Gasteiger partial charge is 0.389 e. The first kappa shape index (κ1) is 15.0. The third-order valence-corrected chi connectivity index (χ3v) is 5.62. The van der Waals surface area contributed by atoms with Gasteiger partial charge in [0.2, 0.25) is 0 Å². The molecule has 3 nitrogen and oxygen atoms in total. The van der Waals surface area contributed by atoms with E-state index in [1.807, 2.05) is 11.6 Å². The van der Waals surface area contributed by atoms with Crippen LogP contribution in [0.4, 0.5) is 0 Å². The number of hydrogen-bond donors (Lipinski definition) is 1. The quantitative estimate of drug-likeness (QED) is 0.911. The fourth-order valence-corrected chi connectivity index (χ4v) is 3.86. The maximum atomic E-state index is 11.1. The molecule has 1 heterocycles. The van der Waals surface area contributed by atoms with Gasteiger partial charge in [-0.1, -0.05) is 26.2 Å². The molecule has 1 aromatic rings. The molecule has 19 heavy (non-hydrogen) atoms. The lowest BCUT2D eigenvalue weighted by molar-refractivity contribution is -0.0506. The van der Waals surface area contributed by atoms with Crippen molar-refractivity contribution in [1.82, 2.24) is 9.78 Å². The SMILES string of the molecule is CCC1CCCCC1(O)Cc1c(Br)c(C)nn1CC. The van der Waals surface area contributed by atoms with Crippen molar-refractivity contribution >= 4 is 15.9 Å². The third kappa shape index (κ3) is 2.89. The van der Waals surface area contributed by atoms with E-state index in [0.717, 1.165) is 54.5 Å². The molecule has 2 rings (SSSR count). The minimum absolute atomic E-state index is 0.425. The Hall–Kier alpha value is -0.350. The zero-order valence-electron chi connectivity index (χ0n) is 12.2. The van der Waals surface area contributed by atoms with Gasteiger partial charge in [0, 0.05) is 13.0 Å². The van der Waals surface area contributed by atoms with Crippen LogP contribution in [0.2, 0.25) is 0 Å².